The minimum absolute atomic E-state index is 0.546. The number of aryl methyl sites for hydroxylation is 1. The lowest BCUT2D eigenvalue weighted by Crippen LogP contribution is -2.23. The second-order valence-electron chi connectivity index (χ2n) is 4.34. The second-order valence-corrected chi connectivity index (χ2v) is 4.34. The van der Waals surface area contributed by atoms with Crippen LogP contribution in [-0.2, 0) is 12.8 Å². The summed E-state index contributed by atoms with van der Waals surface area (Å²) in [5, 5.41) is 6.88. The van der Waals surface area contributed by atoms with Gasteiger partial charge in [-0.2, -0.15) is 0 Å². The van der Waals surface area contributed by atoms with Crippen molar-refractivity contribution in [3.05, 3.63) is 17.6 Å². The van der Waals surface area contributed by atoms with Crippen molar-refractivity contribution in [1.29, 1.82) is 0 Å². The molecule has 0 bridgehead atoms. The molecule has 80 valence electrons. The van der Waals surface area contributed by atoms with Gasteiger partial charge in [0, 0.05) is 23.8 Å². The van der Waals surface area contributed by atoms with Crippen molar-refractivity contribution in [2.24, 2.45) is 0 Å². The van der Waals surface area contributed by atoms with E-state index in [1.165, 1.54) is 24.1 Å². The van der Waals surface area contributed by atoms with E-state index < -0.39 is 0 Å². The molecule has 1 fully saturated rings. The predicted octanol–water partition coefficient (Wildman–Crippen LogP) is 0.739. The zero-order valence-electron chi connectivity index (χ0n) is 8.79. The van der Waals surface area contributed by atoms with Crippen molar-refractivity contribution in [3.63, 3.8) is 0 Å². The van der Waals surface area contributed by atoms with Gasteiger partial charge in [-0.15, -0.1) is 0 Å². The van der Waals surface area contributed by atoms with Gasteiger partial charge >= 0.3 is 0 Å². The largest absolute Gasteiger partial charge is 0.366 e. The molecule has 4 heteroatoms. The van der Waals surface area contributed by atoms with Crippen molar-refractivity contribution in [1.82, 2.24) is 15.3 Å². The highest BCUT2D eigenvalue weighted by molar-refractivity contribution is 5.48. The average Bonchev–Trinajstić information content (AvgIpc) is 2.87. The lowest BCUT2D eigenvalue weighted by Gasteiger charge is -2.14. The van der Waals surface area contributed by atoms with Crippen molar-refractivity contribution in [3.8, 4) is 0 Å². The third-order valence-electron chi connectivity index (χ3n) is 3.28. The summed E-state index contributed by atoms with van der Waals surface area (Å²) in [5.41, 5.74) is 2.60. The summed E-state index contributed by atoms with van der Waals surface area (Å²) in [6.45, 7) is 2.17. The highest BCUT2D eigenvalue weighted by atomic mass is 15.1. The third kappa shape index (κ3) is 1.69. The summed E-state index contributed by atoms with van der Waals surface area (Å²) in [7, 11) is 0. The summed E-state index contributed by atoms with van der Waals surface area (Å²) >= 11 is 0. The minimum Gasteiger partial charge on any atom is -0.366 e. The first-order valence-corrected chi connectivity index (χ1v) is 5.73. The number of rotatable bonds is 2. The highest BCUT2D eigenvalue weighted by Crippen LogP contribution is 2.25. The summed E-state index contributed by atoms with van der Waals surface area (Å²) in [5.74, 6) is 1.08. The lowest BCUT2D eigenvalue weighted by atomic mass is 10.2. The van der Waals surface area contributed by atoms with Gasteiger partial charge in [0.25, 0.3) is 0 Å². The van der Waals surface area contributed by atoms with Crippen molar-refractivity contribution >= 4 is 5.82 Å². The molecule has 1 unspecified atom stereocenters. The summed E-state index contributed by atoms with van der Waals surface area (Å²) < 4.78 is 0. The summed E-state index contributed by atoms with van der Waals surface area (Å²) in [6, 6.07) is 0.546. The van der Waals surface area contributed by atoms with E-state index in [2.05, 4.69) is 20.6 Å². The standard InChI is InChI=1S/C11H16N4/c1-2-9-10(3-1)13-7-14-11(9)15-8-4-5-12-6-8/h7-8,12H,1-6H2,(H,13,14,15). The first kappa shape index (κ1) is 9.09. The molecule has 1 aliphatic carbocycles. The Morgan fingerprint density at radius 3 is 3.20 bits per heavy atom. The van der Waals surface area contributed by atoms with E-state index in [0.29, 0.717) is 6.04 Å². The van der Waals surface area contributed by atoms with Crippen LogP contribution >= 0.6 is 0 Å². The molecule has 4 nitrogen and oxygen atoms in total. The van der Waals surface area contributed by atoms with Crippen LogP contribution in [0.4, 0.5) is 5.82 Å². The molecule has 2 aliphatic rings. The lowest BCUT2D eigenvalue weighted by molar-refractivity contribution is 0.783. The van der Waals surface area contributed by atoms with Gasteiger partial charge in [-0.25, -0.2) is 9.97 Å². The monoisotopic (exact) mass is 204 g/mol. The van der Waals surface area contributed by atoms with Crippen LogP contribution in [0.3, 0.4) is 0 Å². The highest BCUT2D eigenvalue weighted by Gasteiger charge is 2.20. The minimum atomic E-state index is 0.546. The van der Waals surface area contributed by atoms with E-state index in [4.69, 9.17) is 0 Å². The Morgan fingerprint density at radius 2 is 2.33 bits per heavy atom. The van der Waals surface area contributed by atoms with Gasteiger partial charge in [-0.3, -0.25) is 0 Å². The van der Waals surface area contributed by atoms with Crippen molar-refractivity contribution in [2.75, 3.05) is 18.4 Å². The van der Waals surface area contributed by atoms with Crippen molar-refractivity contribution in [2.45, 2.75) is 31.7 Å². The van der Waals surface area contributed by atoms with Gasteiger partial charge < -0.3 is 10.6 Å². The molecule has 2 N–H and O–H groups in total. The molecule has 0 spiro atoms. The molecule has 3 rings (SSSR count). The van der Waals surface area contributed by atoms with E-state index in [9.17, 15) is 0 Å². The molecular weight excluding hydrogens is 188 g/mol. The molecule has 15 heavy (non-hydrogen) atoms. The maximum atomic E-state index is 4.36. The molecule has 0 aromatic carbocycles. The molecular formula is C11H16N4. The number of fused-ring (bicyclic) bond motifs is 1. The topological polar surface area (TPSA) is 49.8 Å². The average molecular weight is 204 g/mol. The number of nitrogens with zero attached hydrogens (tertiary/aromatic N) is 2. The third-order valence-corrected chi connectivity index (χ3v) is 3.28. The summed E-state index contributed by atoms with van der Waals surface area (Å²) in [4.78, 5) is 8.69. The number of nitrogens with one attached hydrogen (secondary N) is 2. The quantitative estimate of drug-likeness (QED) is 0.746. The molecule has 1 atom stereocenters. The van der Waals surface area contributed by atoms with Crippen LogP contribution in [0.15, 0.2) is 6.33 Å². The SMILES string of the molecule is c1nc2c(c(NC3CCNC3)n1)CCC2. The van der Waals surface area contributed by atoms with E-state index in [1.54, 1.807) is 6.33 Å². The fourth-order valence-electron chi connectivity index (χ4n) is 2.46. The number of hydrogen-bond donors (Lipinski definition) is 2. The molecule has 1 aromatic rings. The zero-order chi connectivity index (χ0) is 10.1. The molecule has 1 saturated heterocycles. The smallest absolute Gasteiger partial charge is 0.133 e. The fraction of sp³-hybridized carbons (Fsp3) is 0.636. The first-order valence-electron chi connectivity index (χ1n) is 5.73. The van der Waals surface area contributed by atoms with Crippen molar-refractivity contribution < 1.29 is 0 Å². The Balaban J connectivity index is 1.82. The van der Waals surface area contributed by atoms with E-state index >= 15 is 0 Å². The molecule has 2 heterocycles. The predicted molar refractivity (Wildman–Crippen MR) is 59.0 cm³/mol. The van der Waals surface area contributed by atoms with E-state index in [-0.39, 0.29) is 0 Å². The Kier molecular flexibility index (Phi) is 2.29. The van der Waals surface area contributed by atoms with Gasteiger partial charge in [0.05, 0.1) is 0 Å². The van der Waals surface area contributed by atoms with E-state index in [0.717, 1.165) is 31.7 Å². The number of hydrogen-bond acceptors (Lipinski definition) is 4. The normalized spacial score (nSPS) is 24.1. The fourth-order valence-corrected chi connectivity index (χ4v) is 2.46. The van der Waals surface area contributed by atoms with Gasteiger partial charge in [0.15, 0.2) is 0 Å². The number of anilines is 1. The maximum Gasteiger partial charge on any atom is 0.133 e. The Labute approximate surface area is 89.5 Å². The zero-order valence-corrected chi connectivity index (χ0v) is 8.79. The molecule has 1 aromatic heterocycles. The Bertz CT molecular complexity index is 358. The molecule has 1 aliphatic heterocycles. The van der Waals surface area contributed by atoms with Crippen LogP contribution in [0.5, 0.6) is 0 Å². The van der Waals surface area contributed by atoms with Gasteiger partial charge in [0.2, 0.25) is 0 Å². The molecule has 0 radical (unpaired) electrons. The Morgan fingerprint density at radius 1 is 1.33 bits per heavy atom. The van der Waals surface area contributed by atoms with E-state index in [1.807, 2.05) is 0 Å². The maximum absolute atomic E-state index is 4.36. The van der Waals surface area contributed by atoms with Crippen LogP contribution in [-0.4, -0.2) is 29.1 Å². The van der Waals surface area contributed by atoms with Crippen LogP contribution in [0.1, 0.15) is 24.1 Å². The van der Waals surface area contributed by atoms with Crippen LogP contribution in [0, 0.1) is 0 Å². The Hall–Kier alpha value is -1.16. The summed E-state index contributed by atoms with van der Waals surface area (Å²) in [6.07, 6.45) is 6.37. The van der Waals surface area contributed by atoms with Crippen LogP contribution < -0.4 is 10.6 Å². The van der Waals surface area contributed by atoms with Crippen LogP contribution in [0.2, 0.25) is 0 Å². The van der Waals surface area contributed by atoms with Crippen LogP contribution in [0.25, 0.3) is 0 Å². The van der Waals surface area contributed by atoms with Gasteiger partial charge in [0.1, 0.15) is 12.1 Å². The molecule has 0 saturated carbocycles. The van der Waals surface area contributed by atoms with Gasteiger partial charge in [-0.05, 0) is 32.2 Å². The molecule has 0 amide bonds. The first-order chi connectivity index (χ1) is 7.43. The van der Waals surface area contributed by atoms with Gasteiger partial charge in [-0.1, -0.05) is 0 Å². The second kappa shape index (κ2) is 3.77. The number of aromatic nitrogens is 2.